The standard InChI is InChI=1S/C14H29N3O.HI/c1-4-6-9-16-14(15-5-2)17(3)10-11-18-12-13-7-8-13;/h13H,4-12H2,1-3H3,(H,15,16);1H. The van der Waals surface area contributed by atoms with Crippen LogP contribution < -0.4 is 5.32 Å². The van der Waals surface area contributed by atoms with Crippen LogP contribution in [0.4, 0.5) is 0 Å². The minimum Gasteiger partial charge on any atom is -0.379 e. The van der Waals surface area contributed by atoms with Crippen LogP contribution in [-0.4, -0.2) is 50.8 Å². The normalized spacial score (nSPS) is 15.0. The first-order valence-corrected chi connectivity index (χ1v) is 7.35. The van der Waals surface area contributed by atoms with Crippen LogP contribution in [0.15, 0.2) is 4.99 Å². The van der Waals surface area contributed by atoms with Crippen LogP contribution in [0.1, 0.15) is 39.5 Å². The van der Waals surface area contributed by atoms with E-state index in [-0.39, 0.29) is 24.0 Å². The first kappa shape index (κ1) is 19.0. The highest BCUT2D eigenvalue weighted by molar-refractivity contribution is 14.0. The molecule has 1 rings (SSSR count). The Morgan fingerprint density at radius 3 is 2.68 bits per heavy atom. The summed E-state index contributed by atoms with van der Waals surface area (Å²) >= 11 is 0. The molecule has 0 unspecified atom stereocenters. The number of hydrogen-bond donors (Lipinski definition) is 1. The summed E-state index contributed by atoms with van der Waals surface area (Å²) in [5, 5.41) is 3.32. The number of unbranched alkanes of at least 4 members (excludes halogenated alkanes) is 1. The second kappa shape index (κ2) is 11.8. The molecule has 0 aromatic carbocycles. The Balaban J connectivity index is 0.00000324. The van der Waals surface area contributed by atoms with Crippen molar-refractivity contribution in [2.75, 3.05) is 39.9 Å². The van der Waals surface area contributed by atoms with E-state index < -0.39 is 0 Å². The highest BCUT2D eigenvalue weighted by Gasteiger charge is 2.21. The molecule has 4 nitrogen and oxygen atoms in total. The maximum Gasteiger partial charge on any atom is 0.193 e. The number of aliphatic imine (C=N–C) groups is 1. The van der Waals surface area contributed by atoms with E-state index in [2.05, 4.69) is 36.1 Å². The van der Waals surface area contributed by atoms with Crippen LogP contribution in [-0.2, 0) is 4.74 Å². The van der Waals surface area contributed by atoms with E-state index in [0.29, 0.717) is 0 Å². The monoisotopic (exact) mass is 383 g/mol. The number of likely N-dealkylation sites (N-methyl/N-ethyl adjacent to an activating group) is 1. The summed E-state index contributed by atoms with van der Waals surface area (Å²) in [5.74, 6) is 1.85. The molecule has 0 atom stereocenters. The summed E-state index contributed by atoms with van der Waals surface area (Å²) in [7, 11) is 2.08. The van der Waals surface area contributed by atoms with Crippen LogP contribution >= 0.6 is 24.0 Å². The molecule has 0 radical (unpaired) electrons. The highest BCUT2D eigenvalue weighted by Crippen LogP contribution is 2.28. The van der Waals surface area contributed by atoms with Gasteiger partial charge in [0.15, 0.2) is 5.96 Å². The van der Waals surface area contributed by atoms with E-state index in [4.69, 9.17) is 4.74 Å². The number of halogens is 1. The first-order chi connectivity index (χ1) is 8.77. The Kier molecular flexibility index (Phi) is 11.7. The van der Waals surface area contributed by atoms with E-state index in [9.17, 15) is 0 Å². The van der Waals surface area contributed by atoms with Crippen molar-refractivity contribution in [3.8, 4) is 0 Å². The van der Waals surface area contributed by atoms with E-state index in [1.165, 1.54) is 19.3 Å². The molecule has 0 aromatic rings. The van der Waals surface area contributed by atoms with Gasteiger partial charge in [-0.25, -0.2) is 0 Å². The Morgan fingerprint density at radius 2 is 2.11 bits per heavy atom. The zero-order valence-corrected chi connectivity index (χ0v) is 15.0. The van der Waals surface area contributed by atoms with Crippen LogP contribution in [0.5, 0.6) is 0 Å². The summed E-state index contributed by atoms with van der Waals surface area (Å²) in [6.07, 6.45) is 5.06. The third kappa shape index (κ3) is 9.49. The highest BCUT2D eigenvalue weighted by atomic mass is 127. The Morgan fingerprint density at radius 1 is 1.37 bits per heavy atom. The van der Waals surface area contributed by atoms with Gasteiger partial charge in [-0.05, 0) is 32.1 Å². The van der Waals surface area contributed by atoms with Gasteiger partial charge in [-0.3, -0.25) is 4.99 Å². The van der Waals surface area contributed by atoms with Gasteiger partial charge in [0.25, 0.3) is 0 Å². The summed E-state index contributed by atoms with van der Waals surface area (Å²) in [4.78, 5) is 6.76. The topological polar surface area (TPSA) is 36.9 Å². The van der Waals surface area contributed by atoms with Gasteiger partial charge in [0.2, 0.25) is 0 Å². The molecular weight excluding hydrogens is 353 g/mol. The number of hydrogen-bond acceptors (Lipinski definition) is 2. The van der Waals surface area contributed by atoms with Crippen molar-refractivity contribution in [3.63, 3.8) is 0 Å². The molecule has 0 spiro atoms. The smallest absolute Gasteiger partial charge is 0.193 e. The van der Waals surface area contributed by atoms with Crippen LogP contribution in [0, 0.1) is 5.92 Å². The summed E-state index contributed by atoms with van der Waals surface area (Å²) in [6.45, 7) is 8.77. The minimum atomic E-state index is 0. The number of guanidine groups is 1. The third-order valence-electron chi connectivity index (χ3n) is 3.09. The van der Waals surface area contributed by atoms with Crippen LogP contribution in [0.2, 0.25) is 0 Å². The lowest BCUT2D eigenvalue weighted by Crippen LogP contribution is -2.40. The van der Waals surface area contributed by atoms with Gasteiger partial charge in [0.05, 0.1) is 6.61 Å². The Bertz CT molecular complexity index is 245. The first-order valence-electron chi connectivity index (χ1n) is 7.35. The molecule has 1 N–H and O–H groups in total. The van der Waals surface area contributed by atoms with E-state index in [1.807, 2.05) is 0 Å². The van der Waals surface area contributed by atoms with Gasteiger partial charge in [-0.15, -0.1) is 24.0 Å². The lowest BCUT2D eigenvalue weighted by molar-refractivity contribution is 0.115. The number of rotatable bonds is 9. The molecular formula is C14H30IN3O. The molecule has 5 heteroatoms. The molecule has 0 aliphatic heterocycles. The second-order valence-electron chi connectivity index (χ2n) is 5.03. The molecule has 0 bridgehead atoms. The fraction of sp³-hybridized carbons (Fsp3) is 0.929. The van der Waals surface area contributed by atoms with Gasteiger partial charge in [-0.1, -0.05) is 13.3 Å². The van der Waals surface area contributed by atoms with Crippen molar-refractivity contribution in [1.29, 1.82) is 0 Å². The fourth-order valence-corrected chi connectivity index (χ4v) is 1.65. The molecule has 0 amide bonds. The maximum absolute atomic E-state index is 5.66. The number of ether oxygens (including phenoxy) is 1. The second-order valence-corrected chi connectivity index (χ2v) is 5.03. The van der Waals surface area contributed by atoms with Crippen LogP contribution in [0.3, 0.4) is 0 Å². The zero-order chi connectivity index (χ0) is 13.2. The lowest BCUT2D eigenvalue weighted by atomic mass is 10.3. The van der Waals surface area contributed by atoms with Crippen molar-refractivity contribution in [2.24, 2.45) is 10.9 Å². The molecule has 1 fully saturated rings. The van der Waals surface area contributed by atoms with Crippen molar-refractivity contribution in [2.45, 2.75) is 39.5 Å². The van der Waals surface area contributed by atoms with Crippen molar-refractivity contribution >= 4 is 29.9 Å². The molecule has 1 saturated carbocycles. The van der Waals surface area contributed by atoms with Crippen molar-refractivity contribution < 1.29 is 4.74 Å². The van der Waals surface area contributed by atoms with Gasteiger partial charge in [0, 0.05) is 33.3 Å². The molecule has 19 heavy (non-hydrogen) atoms. The SMILES string of the molecule is CCCCN=C(NCC)N(C)CCOCC1CC1.I. The fourth-order valence-electron chi connectivity index (χ4n) is 1.65. The summed E-state index contributed by atoms with van der Waals surface area (Å²) in [5.41, 5.74) is 0. The van der Waals surface area contributed by atoms with Gasteiger partial charge >= 0.3 is 0 Å². The van der Waals surface area contributed by atoms with E-state index in [1.54, 1.807) is 0 Å². The van der Waals surface area contributed by atoms with Gasteiger partial charge in [-0.2, -0.15) is 0 Å². The van der Waals surface area contributed by atoms with E-state index in [0.717, 1.165) is 51.1 Å². The Hall–Kier alpha value is -0.0400. The van der Waals surface area contributed by atoms with Crippen molar-refractivity contribution in [3.05, 3.63) is 0 Å². The third-order valence-corrected chi connectivity index (χ3v) is 3.09. The molecule has 0 aromatic heterocycles. The van der Waals surface area contributed by atoms with Crippen LogP contribution in [0.25, 0.3) is 0 Å². The Labute approximate surface area is 135 Å². The largest absolute Gasteiger partial charge is 0.379 e. The predicted molar refractivity (Wildman–Crippen MR) is 92.5 cm³/mol. The van der Waals surface area contributed by atoms with Gasteiger partial charge in [0.1, 0.15) is 0 Å². The summed E-state index contributed by atoms with van der Waals surface area (Å²) < 4.78 is 5.66. The molecule has 1 aliphatic carbocycles. The maximum atomic E-state index is 5.66. The number of nitrogens with one attached hydrogen (secondary N) is 1. The number of nitrogens with zero attached hydrogens (tertiary/aromatic N) is 2. The minimum absolute atomic E-state index is 0. The molecule has 0 heterocycles. The van der Waals surface area contributed by atoms with Gasteiger partial charge < -0.3 is 15.0 Å². The van der Waals surface area contributed by atoms with E-state index >= 15 is 0 Å². The lowest BCUT2D eigenvalue weighted by Gasteiger charge is -2.22. The molecule has 1 aliphatic rings. The molecule has 0 saturated heterocycles. The predicted octanol–water partition coefficient (Wildman–Crippen LogP) is 2.73. The zero-order valence-electron chi connectivity index (χ0n) is 12.7. The summed E-state index contributed by atoms with van der Waals surface area (Å²) in [6, 6.07) is 0. The molecule has 114 valence electrons. The average molecular weight is 383 g/mol. The van der Waals surface area contributed by atoms with Crippen molar-refractivity contribution in [1.82, 2.24) is 10.2 Å². The quantitative estimate of drug-likeness (QED) is 0.288. The average Bonchev–Trinajstić information content (AvgIpc) is 3.17.